The van der Waals surface area contributed by atoms with Crippen LogP contribution in [0, 0.1) is 0 Å². The fourth-order valence-corrected chi connectivity index (χ4v) is 4.29. The number of ether oxygens (including phenoxy) is 2. The molecule has 1 aliphatic carbocycles. The SMILES string of the molecule is O=C(NC[C@@H]1COC2(CCCCC2)O1)N1CCCC[C@H]1c1ncc[nH]1. The number of hydrogen-bond donors (Lipinski definition) is 2. The molecule has 2 N–H and O–H groups in total. The summed E-state index contributed by atoms with van der Waals surface area (Å²) >= 11 is 0. The van der Waals surface area contributed by atoms with Gasteiger partial charge in [-0.1, -0.05) is 6.42 Å². The van der Waals surface area contributed by atoms with Crippen LogP contribution in [-0.2, 0) is 9.47 Å². The van der Waals surface area contributed by atoms with Crippen LogP contribution < -0.4 is 5.32 Å². The third-order valence-corrected chi connectivity index (χ3v) is 5.61. The van der Waals surface area contributed by atoms with Gasteiger partial charge in [-0.05, 0) is 32.1 Å². The zero-order valence-corrected chi connectivity index (χ0v) is 14.7. The van der Waals surface area contributed by atoms with Crippen molar-refractivity contribution in [2.45, 2.75) is 69.3 Å². The van der Waals surface area contributed by atoms with Gasteiger partial charge < -0.3 is 24.7 Å². The average molecular weight is 348 g/mol. The molecule has 1 aromatic rings. The molecule has 25 heavy (non-hydrogen) atoms. The number of H-pyrrole nitrogens is 1. The molecule has 0 unspecified atom stereocenters. The Labute approximate surface area is 148 Å². The highest BCUT2D eigenvalue weighted by atomic mass is 16.7. The third-order valence-electron chi connectivity index (χ3n) is 5.61. The van der Waals surface area contributed by atoms with Gasteiger partial charge in [0.1, 0.15) is 11.9 Å². The molecule has 2 atom stereocenters. The van der Waals surface area contributed by atoms with Crippen molar-refractivity contribution in [2.24, 2.45) is 0 Å². The van der Waals surface area contributed by atoms with Crippen molar-refractivity contribution in [3.63, 3.8) is 0 Å². The number of aromatic nitrogens is 2. The van der Waals surface area contributed by atoms with Gasteiger partial charge in [0.25, 0.3) is 0 Å². The van der Waals surface area contributed by atoms with Crippen molar-refractivity contribution in [1.82, 2.24) is 20.2 Å². The van der Waals surface area contributed by atoms with Crippen LogP contribution in [-0.4, -0.2) is 52.5 Å². The minimum absolute atomic E-state index is 0.0331. The Morgan fingerprint density at radius 2 is 2.20 bits per heavy atom. The fraction of sp³-hybridized carbons (Fsp3) is 0.778. The minimum atomic E-state index is -0.379. The van der Waals surface area contributed by atoms with E-state index in [2.05, 4.69) is 15.3 Å². The van der Waals surface area contributed by atoms with E-state index in [-0.39, 0.29) is 24.0 Å². The summed E-state index contributed by atoms with van der Waals surface area (Å²) in [4.78, 5) is 22.1. The van der Waals surface area contributed by atoms with E-state index in [1.165, 1.54) is 6.42 Å². The summed E-state index contributed by atoms with van der Waals surface area (Å²) in [6, 6.07) is 0.00322. The standard InChI is InChI=1S/C18H28N4O3/c23-17(22-11-5-2-6-15(22)16-19-9-10-20-16)21-12-14-13-24-18(25-14)7-3-1-4-8-18/h9-10,14-15H,1-8,11-13H2,(H,19,20)(H,21,23)/t14-,15+/m1/s1. The lowest BCUT2D eigenvalue weighted by Crippen LogP contribution is -2.47. The maximum atomic E-state index is 12.7. The lowest BCUT2D eigenvalue weighted by Gasteiger charge is -2.35. The highest BCUT2D eigenvalue weighted by Gasteiger charge is 2.42. The molecule has 3 heterocycles. The summed E-state index contributed by atoms with van der Waals surface area (Å²) in [5.41, 5.74) is 0. The predicted octanol–water partition coefficient (Wildman–Crippen LogP) is 2.72. The Bertz CT molecular complexity index is 571. The molecule has 1 aromatic heterocycles. The van der Waals surface area contributed by atoms with E-state index in [1.54, 1.807) is 6.20 Å². The van der Waals surface area contributed by atoms with Gasteiger partial charge in [0.15, 0.2) is 5.79 Å². The number of piperidine rings is 1. The highest BCUT2D eigenvalue weighted by Crippen LogP contribution is 2.37. The second kappa shape index (κ2) is 7.33. The van der Waals surface area contributed by atoms with Gasteiger partial charge in [0.2, 0.25) is 0 Å². The molecular formula is C18H28N4O3. The number of carbonyl (C=O) groups is 1. The molecule has 3 aliphatic rings. The first kappa shape index (κ1) is 16.8. The van der Waals surface area contributed by atoms with Gasteiger partial charge >= 0.3 is 6.03 Å². The average Bonchev–Trinajstić information content (AvgIpc) is 3.31. The van der Waals surface area contributed by atoms with Crippen LogP contribution in [0.4, 0.5) is 4.79 Å². The van der Waals surface area contributed by atoms with E-state index in [9.17, 15) is 4.79 Å². The molecule has 7 heteroatoms. The van der Waals surface area contributed by atoms with Crippen LogP contribution >= 0.6 is 0 Å². The molecule has 0 aromatic carbocycles. The van der Waals surface area contributed by atoms with Crippen molar-refractivity contribution in [1.29, 1.82) is 0 Å². The largest absolute Gasteiger partial charge is 0.347 e. The quantitative estimate of drug-likeness (QED) is 0.880. The molecule has 1 spiro atoms. The van der Waals surface area contributed by atoms with Crippen LogP contribution in [0.15, 0.2) is 12.4 Å². The van der Waals surface area contributed by atoms with E-state index in [0.717, 1.165) is 57.3 Å². The first-order chi connectivity index (χ1) is 12.3. The lowest BCUT2D eigenvalue weighted by molar-refractivity contribution is -0.186. The van der Waals surface area contributed by atoms with Crippen LogP contribution in [0.25, 0.3) is 0 Å². The number of imidazole rings is 1. The molecule has 3 fully saturated rings. The number of carbonyl (C=O) groups excluding carboxylic acids is 1. The van der Waals surface area contributed by atoms with E-state index in [1.807, 2.05) is 11.1 Å². The highest BCUT2D eigenvalue weighted by molar-refractivity contribution is 5.74. The smallest absolute Gasteiger partial charge is 0.318 e. The predicted molar refractivity (Wildman–Crippen MR) is 91.9 cm³/mol. The molecule has 2 aliphatic heterocycles. The normalized spacial score (nSPS) is 29.0. The zero-order valence-electron chi connectivity index (χ0n) is 14.7. The second-order valence-electron chi connectivity index (χ2n) is 7.39. The number of nitrogens with zero attached hydrogens (tertiary/aromatic N) is 2. The molecular weight excluding hydrogens is 320 g/mol. The number of aromatic amines is 1. The Balaban J connectivity index is 1.31. The number of urea groups is 1. The lowest BCUT2D eigenvalue weighted by atomic mass is 9.94. The van der Waals surface area contributed by atoms with Crippen molar-refractivity contribution < 1.29 is 14.3 Å². The third kappa shape index (κ3) is 3.67. The number of amides is 2. The van der Waals surface area contributed by atoms with Crippen molar-refractivity contribution >= 4 is 6.03 Å². The van der Waals surface area contributed by atoms with Crippen LogP contribution in [0.1, 0.15) is 63.2 Å². The summed E-state index contributed by atoms with van der Waals surface area (Å²) in [6.07, 6.45) is 12.2. The molecule has 2 amide bonds. The number of likely N-dealkylation sites (tertiary alicyclic amines) is 1. The maximum Gasteiger partial charge on any atom is 0.318 e. The van der Waals surface area contributed by atoms with Gasteiger partial charge in [0.05, 0.1) is 12.6 Å². The summed E-state index contributed by atoms with van der Waals surface area (Å²) in [7, 11) is 0. The molecule has 1 saturated carbocycles. The van der Waals surface area contributed by atoms with Gasteiger partial charge in [-0.15, -0.1) is 0 Å². The van der Waals surface area contributed by atoms with Crippen LogP contribution in [0.5, 0.6) is 0 Å². The fourth-order valence-electron chi connectivity index (χ4n) is 4.29. The summed E-state index contributed by atoms with van der Waals surface area (Å²) in [5, 5.41) is 3.05. The monoisotopic (exact) mass is 348 g/mol. The Morgan fingerprint density at radius 3 is 3.00 bits per heavy atom. The number of rotatable bonds is 3. The van der Waals surface area contributed by atoms with Gasteiger partial charge in [-0.2, -0.15) is 0 Å². The van der Waals surface area contributed by atoms with E-state index < -0.39 is 0 Å². The van der Waals surface area contributed by atoms with Crippen molar-refractivity contribution in [3.8, 4) is 0 Å². The van der Waals surface area contributed by atoms with E-state index in [0.29, 0.717) is 13.2 Å². The first-order valence-corrected chi connectivity index (χ1v) is 9.61. The van der Waals surface area contributed by atoms with E-state index >= 15 is 0 Å². The molecule has 0 radical (unpaired) electrons. The van der Waals surface area contributed by atoms with Crippen molar-refractivity contribution in [2.75, 3.05) is 19.7 Å². The van der Waals surface area contributed by atoms with E-state index in [4.69, 9.17) is 9.47 Å². The summed E-state index contributed by atoms with van der Waals surface area (Å²) < 4.78 is 12.1. The first-order valence-electron chi connectivity index (χ1n) is 9.61. The van der Waals surface area contributed by atoms with Gasteiger partial charge in [0, 0.05) is 38.3 Å². The zero-order chi connectivity index (χ0) is 17.1. The summed E-state index contributed by atoms with van der Waals surface area (Å²) in [5.74, 6) is 0.492. The van der Waals surface area contributed by atoms with Gasteiger partial charge in [-0.3, -0.25) is 0 Å². The topological polar surface area (TPSA) is 79.5 Å². The second-order valence-corrected chi connectivity index (χ2v) is 7.39. The number of nitrogens with one attached hydrogen (secondary N) is 2. The minimum Gasteiger partial charge on any atom is -0.347 e. The molecule has 138 valence electrons. The molecule has 2 saturated heterocycles. The maximum absolute atomic E-state index is 12.7. The Morgan fingerprint density at radius 1 is 1.32 bits per heavy atom. The molecule has 4 rings (SSSR count). The molecule has 0 bridgehead atoms. The van der Waals surface area contributed by atoms with Gasteiger partial charge in [-0.25, -0.2) is 9.78 Å². The Kier molecular flexibility index (Phi) is 4.94. The molecule has 7 nitrogen and oxygen atoms in total. The van der Waals surface area contributed by atoms with Crippen LogP contribution in [0.3, 0.4) is 0 Å². The number of hydrogen-bond acceptors (Lipinski definition) is 4. The van der Waals surface area contributed by atoms with Crippen molar-refractivity contribution in [3.05, 3.63) is 18.2 Å². The summed E-state index contributed by atoms with van der Waals surface area (Å²) in [6.45, 7) is 1.84. The Hall–Kier alpha value is -1.60. The van der Waals surface area contributed by atoms with Crippen LogP contribution in [0.2, 0.25) is 0 Å².